The van der Waals surface area contributed by atoms with Gasteiger partial charge in [-0.05, 0) is 39.8 Å². The second-order valence-electron chi connectivity index (χ2n) is 5.29. The molecule has 0 aliphatic heterocycles. The standard InChI is InChI=1S/C14H21NO4/c1-9(15-13(17)19-14(2,3)4)11-7-6-10(18-5)8-12(11)16/h6-9,16H,1-5H3,(H,15,17)/t9-/m1/s1. The summed E-state index contributed by atoms with van der Waals surface area (Å²) in [6.07, 6.45) is -0.518. The van der Waals surface area contributed by atoms with Crippen molar-refractivity contribution in [2.45, 2.75) is 39.3 Å². The van der Waals surface area contributed by atoms with Crippen molar-refractivity contribution >= 4 is 6.09 Å². The number of phenolic OH excluding ortho intramolecular Hbond substituents is 1. The molecule has 5 nitrogen and oxygen atoms in total. The lowest BCUT2D eigenvalue weighted by Crippen LogP contribution is -2.34. The Morgan fingerprint density at radius 2 is 2.00 bits per heavy atom. The molecule has 0 aromatic heterocycles. The van der Waals surface area contributed by atoms with Crippen molar-refractivity contribution < 1.29 is 19.4 Å². The molecule has 0 radical (unpaired) electrons. The molecular weight excluding hydrogens is 246 g/mol. The van der Waals surface area contributed by atoms with Crippen molar-refractivity contribution in [3.05, 3.63) is 23.8 Å². The Labute approximate surface area is 113 Å². The number of nitrogens with one attached hydrogen (secondary N) is 1. The Hall–Kier alpha value is -1.91. The second-order valence-corrected chi connectivity index (χ2v) is 5.29. The zero-order chi connectivity index (χ0) is 14.6. The molecule has 2 N–H and O–H groups in total. The van der Waals surface area contributed by atoms with E-state index in [0.717, 1.165) is 0 Å². The number of hydrogen-bond acceptors (Lipinski definition) is 4. The number of hydrogen-bond donors (Lipinski definition) is 2. The normalized spacial score (nSPS) is 12.7. The highest BCUT2D eigenvalue weighted by molar-refractivity contribution is 5.68. The minimum Gasteiger partial charge on any atom is -0.507 e. The van der Waals surface area contributed by atoms with Crippen LogP contribution in [0.3, 0.4) is 0 Å². The van der Waals surface area contributed by atoms with E-state index in [-0.39, 0.29) is 11.8 Å². The van der Waals surface area contributed by atoms with Crippen LogP contribution in [0.15, 0.2) is 18.2 Å². The van der Waals surface area contributed by atoms with E-state index < -0.39 is 11.7 Å². The van der Waals surface area contributed by atoms with Gasteiger partial charge in [-0.1, -0.05) is 0 Å². The number of amides is 1. The fourth-order valence-electron chi connectivity index (χ4n) is 1.58. The molecule has 0 aliphatic rings. The van der Waals surface area contributed by atoms with Crippen molar-refractivity contribution in [3.63, 3.8) is 0 Å². The van der Waals surface area contributed by atoms with Crippen LogP contribution in [-0.4, -0.2) is 23.9 Å². The first-order valence-corrected chi connectivity index (χ1v) is 6.09. The number of aromatic hydroxyl groups is 1. The summed E-state index contributed by atoms with van der Waals surface area (Å²) in [6.45, 7) is 7.15. The summed E-state index contributed by atoms with van der Waals surface area (Å²) < 4.78 is 10.2. The van der Waals surface area contributed by atoms with Crippen molar-refractivity contribution in [2.75, 3.05) is 7.11 Å². The Morgan fingerprint density at radius 3 is 2.47 bits per heavy atom. The third-order valence-electron chi connectivity index (χ3n) is 2.44. The van der Waals surface area contributed by atoms with Crippen LogP contribution in [-0.2, 0) is 4.74 Å². The van der Waals surface area contributed by atoms with Crippen LogP contribution in [0, 0.1) is 0 Å². The summed E-state index contributed by atoms with van der Waals surface area (Å²) in [4.78, 5) is 11.6. The monoisotopic (exact) mass is 267 g/mol. The molecule has 1 aromatic rings. The molecule has 1 rings (SSSR count). The van der Waals surface area contributed by atoms with Gasteiger partial charge in [0, 0.05) is 11.6 Å². The fourth-order valence-corrected chi connectivity index (χ4v) is 1.58. The van der Waals surface area contributed by atoms with Gasteiger partial charge in [-0.25, -0.2) is 4.79 Å². The van der Waals surface area contributed by atoms with E-state index in [0.29, 0.717) is 11.3 Å². The predicted octanol–water partition coefficient (Wildman–Crippen LogP) is 2.99. The molecule has 1 atom stereocenters. The number of methoxy groups -OCH3 is 1. The highest BCUT2D eigenvalue weighted by Gasteiger charge is 2.19. The van der Waals surface area contributed by atoms with Crippen LogP contribution in [0.4, 0.5) is 4.79 Å². The fraction of sp³-hybridized carbons (Fsp3) is 0.500. The molecule has 0 unspecified atom stereocenters. The van der Waals surface area contributed by atoms with E-state index >= 15 is 0 Å². The van der Waals surface area contributed by atoms with Crippen LogP contribution < -0.4 is 10.1 Å². The van der Waals surface area contributed by atoms with Crippen molar-refractivity contribution in [2.24, 2.45) is 0 Å². The zero-order valence-electron chi connectivity index (χ0n) is 12.0. The van der Waals surface area contributed by atoms with Crippen molar-refractivity contribution in [3.8, 4) is 11.5 Å². The molecule has 0 heterocycles. The Bertz CT molecular complexity index is 451. The van der Waals surface area contributed by atoms with Crippen molar-refractivity contribution in [1.29, 1.82) is 0 Å². The van der Waals surface area contributed by atoms with E-state index in [2.05, 4.69) is 5.32 Å². The first-order valence-electron chi connectivity index (χ1n) is 6.09. The van der Waals surface area contributed by atoms with Gasteiger partial charge in [0.15, 0.2) is 0 Å². The zero-order valence-corrected chi connectivity index (χ0v) is 12.0. The average Bonchev–Trinajstić information content (AvgIpc) is 2.25. The lowest BCUT2D eigenvalue weighted by Gasteiger charge is -2.22. The molecule has 1 amide bonds. The third kappa shape index (κ3) is 4.69. The average molecular weight is 267 g/mol. The minimum atomic E-state index is -0.550. The van der Waals surface area contributed by atoms with Gasteiger partial charge in [-0.3, -0.25) is 0 Å². The summed E-state index contributed by atoms with van der Waals surface area (Å²) in [5.74, 6) is 0.633. The van der Waals surface area contributed by atoms with E-state index in [4.69, 9.17) is 9.47 Å². The van der Waals surface area contributed by atoms with E-state index in [1.54, 1.807) is 39.8 Å². The highest BCUT2D eigenvalue weighted by Crippen LogP contribution is 2.28. The summed E-state index contributed by atoms with van der Waals surface area (Å²) in [6, 6.07) is 4.57. The third-order valence-corrected chi connectivity index (χ3v) is 2.44. The quantitative estimate of drug-likeness (QED) is 0.883. The molecule has 106 valence electrons. The van der Waals surface area contributed by atoms with Gasteiger partial charge in [0.25, 0.3) is 0 Å². The molecule has 0 aliphatic carbocycles. The van der Waals surface area contributed by atoms with Gasteiger partial charge in [-0.2, -0.15) is 0 Å². The van der Waals surface area contributed by atoms with Crippen LogP contribution in [0.1, 0.15) is 39.3 Å². The van der Waals surface area contributed by atoms with Gasteiger partial charge < -0.3 is 19.9 Å². The molecule has 19 heavy (non-hydrogen) atoms. The van der Waals surface area contributed by atoms with Crippen LogP contribution in [0.5, 0.6) is 11.5 Å². The van der Waals surface area contributed by atoms with Gasteiger partial charge in [-0.15, -0.1) is 0 Å². The molecule has 0 bridgehead atoms. The maximum absolute atomic E-state index is 11.6. The topological polar surface area (TPSA) is 67.8 Å². The van der Waals surface area contributed by atoms with Gasteiger partial charge in [0.05, 0.1) is 13.2 Å². The number of phenols is 1. The first kappa shape index (κ1) is 15.1. The lowest BCUT2D eigenvalue weighted by molar-refractivity contribution is 0.0507. The van der Waals surface area contributed by atoms with Gasteiger partial charge >= 0.3 is 6.09 Å². The SMILES string of the molecule is COc1ccc([C@@H](C)NC(=O)OC(C)(C)C)c(O)c1. The van der Waals surface area contributed by atoms with Crippen LogP contribution in [0.25, 0.3) is 0 Å². The Morgan fingerprint density at radius 1 is 1.37 bits per heavy atom. The smallest absolute Gasteiger partial charge is 0.408 e. The summed E-state index contributed by atoms with van der Waals surface area (Å²) in [5.41, 5.74) is 0.0535. The first-order chi connectivity index (χ1) is 8.73. The van der Waals surface area contributed by atoms with Crippen molar-refractivity contribution in [1.82, 2.24) is 5.32 Å². The number of alkyl carbamates (subject to hydrolysis) is 1. The number of rotatable bonds is 3. The van der Waals surface area contributed by atoms with Crippen LogP contribution >= 0.6 is 0 Å². The number of benzene rings is 1. The molecule has 0 saturated carbocycles. The maximum atomic E-state index is 11.6. The number of carbonyl (C=O) groups excluding carboxylic acids is 1. The van der Waals surface area contributed by atoms with Gasteiger partial charge in [0.2, 0.25) is 0 Å². The molecule has 5 heteroatoms. The molecule has 1 aromatic carbocycles. The van der Waals surface area contributed by atoms with Gasteiger partial charge in [0.1, 0.15) is 17.1 Å². The molecular formula is C14H21NO4. The Kier molecular flexibility index (Phi) is 4.64. The molecule has 0 spiro atoms. The van der Waals surface area contributed by atoms with E-state index in [1.807, 2.05) is 0 Å². The lowest BCUT2D eigenvalue weighted by atomic mass is 10.1. The molecule has 0 fully saturated rings. The summed E-state index contributed by atoms with van der Waals surface area (Å²) in [7, 11) is 1.52. The van der Waals surface area contributed by atoms with Crippen LogP contribution in [0.2, 0.25) is 0 Å². The Balaban J connectivity index is 2.73. The second kappa shape index (κ2) is 5.82. The summed E-state index contributed by atoms with van der Waals surface area (Å²) in [5, 5.41) is 12.5. The van der Waals surface area contributed by atoms with E-state index in [9.17, 15) is 9.90 Å². The number of ether oxygens (including phenoxy) is 2. The highest BCUT2D eigenvalue weighted by atomic mass is 16.6. The summed E-state index contributed by atoms with van der Waals surface area (Å²) >= 11 is 0. The molecule has 0 saturated heterocycles. The maximum Gasteiger partial charge on any atom is 0.408 e. The predicted molar refractivity (Wildman–Crippen MR) is 72.4 cm³/mol. The minimum absolute atomic E-state index is 0.0721. The van der Waals surface area contributed by atoms with E-state index in [1.165, 1.54) is 13.2 Å². The largest absolute Gasteiger partial charge is 0.507 e. The number of carbonyl (C=O) groups is 1.